The van der Waals surface area contributed by atoms with Crippen LogP contribution in [0.5, 0.6) is 5.75 Å². The molecule has 0 amide bonds. The van der Waals surface area contributed by atoms with Crippen LogP contribution in [0.1, 0.15) is 23.2 Å². The number of pyridine rings is 1. The Hall–Kier alpha value is -4.13. The number of benzene rings is 2. The lowest BCUT2D eigenvalue weighted by atomic mass is 9.98. The van der Waals surface area contributed by atoms with Crippen LogP contribution in [0.2, 0.25) is 0 Å². The maximum atomic E-state index is 12.1. The van der Waals surface area contributed by atoms with E-state index in [1.807, 2.05) is 61.5 Å². The summed E-state index contributed by atoms with van der Waals surface area (Å²) >= 11 is 0. The monoisotopic (exact) mass is 412 g/mol. The lowest BCUT2D eigenvalue weighted by molar-refractivity contribution is 0.0990. The van der Waals surface area contributed by atoms with E-state index >= 15 is 0 Å². The van der Waals surface area contributed by atoms with Gasteiger partial charge in [-0.1, -0.05) is 30.3 Å². The zero-order chi connectivity index (χ0) is 21.7. The molecule has 0 aliphatic carbocycles. The van der Waals surface area contributed by atoms with Crippen molar-refractivity contribution in [1.29, 1.82) is 0 Å². The first-order chi connectivity index (χ1) is 15.0. The summed E-state index contributed by atoms with van der Waals surface area (Å²) in [5.41, 5.74) is 11.0. The van der Waals surface area contributed by atoms with Gasteiger partial charge in [-0.2, -0.15) is 10.1 Å². The molecule has 0 fully saturated rings. The molecule has 0 bridgehead atoms. The zero-order valence-electron chi connectivity index (χ0n) is 17.3. The van der Waals surface area contributed by atoms with Crippen LogP contribution in [0.4, 0.5) is 5.69 Å². The molecule has 0 aliphatic heterocycles. The number of aromatic nitrogens is 3. The minimum atomic E-state index is -0.248. The summed E-state index contributed by atoms with van der Waals surface area (Å²) in [6.07, 6.45) is 0. The maximum absolute atomic E-state index is 12.1. The van der Waals surface area contributed by atoms with Crippen molar-refractivity contribution in [1.82, 2.24) is 14.8 Å². The van der Waals surface area contributed by atoms with Crippen LogP contribution in [0.3, 0.4) is 0 Å². The predicted octanol–water partition coefficient (Wildman–Crippen LogP) is 4.94. The van der Waals surface area contributed by atoms with E-state index in [0.717, 1.165) is 33.6 Å². The number of Topliss-reactive ketones (excluding diaryl/α,β-unsaturated/α-hetero) is 1. The van der Waals surface area contributed by atoms with E-state index in [4.69, 9.17) is 25.0 Å². The van der Waals surface area contributed by atoms with Crippen LogP contribution in [-0.4, -0.2) is 27.7 Å². The van der Waals surface area contributed by atoms with Crippen molar-refractivity contribution >= 4 is 33.6 Å². The second-order valence-electron chi connectivity index (χ2n) is 7.33. The molecule has 31 heavy (non-hydrogen) atoms. The standard InChI is InChI=1S/C24H20N4O3/c1-13-18-19(15-9-11-17(30-3)12-10-15)20-21(25)22(14(2)29)31-24(20)26-23(18)28(27-13)16-7-5-4-6-8-16/h4-12H,25H2,1-3H3. The third-order valence-electron chi connectivity index (χ3n) is 5.37. The number of anilines is 1. The first kappa shape index (κ1) is 18.9. The molecule has 154 valence electrons. The number of fused-ring (bicyclic) bond motifs is 2. The summed E-state index contributed by atoms with van der Waals surface area (Å²) in [6, 6.07) is 17.4. The Bertz CT molecular complexity index is 1450. The number of nitrogens with two attached hydrogens (primary N) is 1. The average molecular weight is 412 g/mol. The van der Waals surface area contributed by atoms with Gasteiger partial charge in [0.15, 0.2) is 17.2 Å². The highest BCUT2D eigenvalue weighted by Gasteiger charge is 2.25. The molecule has 2 aromatic carbocycles. The van der Waals surface area contributed by atoms with Crippen LogP contribution in [0.15, 0.2) is 59.0 Å². The predicted molar refractivity (Wildman–Crippen MR) is 120 cm³/mol. The topological polar surface area (TPSA) is 96.2 Å². The van der Waals surface area contributed by atoms with Gasteiger partial charge in [0.2, 0.25) is 5.71 Å². The number of hydrogen-bond donors (Lipinski definition) is 1. The largest absolute Gasteiger partial charge is 0.497 e. The second kappa shape index (κ2) is 6.98. The second-order valence-corrected chi connectivity index (χ2v) is 7.33. The van der Waals surface area contributed by atoms with Crippen molar-refractivity contribution < 1.29 is 13.9 Å². The number of rotatable bonds is 4. The lowest BCUT2D eigenvalue weighted by Crippen LogP contribution is -1.98. The third-order valence-corrected chi connectivity index (χ3v) is 5.37. The first-order valence-corrected chi connectivity index (χ1v) is 9.81. The molecule has 3 aromatic heterocycles. The molecule has 7 heteroatoms. The zero-order valence-corrected chi connectivity index (χ0v) is 17.3. The van der Waals surface area contributed by atoms with E-state index in [1.165, 1.54) is 6.92 Å². The number of carbonyl (C=O) groups excluding carboxylic acids is 1. The molecular formula is C24H20N4O3. The molecule has 5 rings (SSSR count). The van der Waals surface area contributed by atoms with Gasteiger partial charge in [-0.15, -0.1) is 0 Å². The summed E-state index contributed by atoms with van der Waals surface area (Å²) < 4.78 is 12.9. The van der Waals surface area contributed by atoms with E-state index < -0.39 is 0 Å². The summed E-state index contributed by atoms with van der Waals surface area (Å²) in [5, 5.41) is 6.21. The average Bonchev–Trinajstić information content (AvgIpc) is 3.30. The van der Waals surface area contributed by atoms with E-state index in [0.29, 0.717) is 16.7 Å². The van der Waals surface area contributed by atoms with Gasteiger partial charge < -0.3 is 14.9 Å². The Morgan fingerprint density at radius 2 is 1.77 bits per heavy atom. The van der Waals surface area contributed by atoms with Crippen molar-refractivity contribution in [3.63, 3.8) is 0 Å². The molecule has 0 aliphatic rings. The van der Waals surface area contributed by atoms with E-state index in [9.17, 15) is 4.79 Å². The van der Waals surface area contributed by atoms with Crippen LogP contribution in [0, 0.1) is 6.92 Å². The molecule has 0 saturated carbocycles. The van der Waals surface area contributed by atoms with Crippen LogP contribution in [-0.2, 0) is 0 Å². The summed E-state index contributed by atoms with van der Waals surface area (Å²) in [6.45, 7) is 3.36. The summed E-state index contributed by atoms with van der Waals surface area (Å²) in [5.74, 6) is 0.607. The number of hydrogen-bond acceptors (Lipinski definition) is 6. The van der Waals surface area contributed by atoms with Crippen LogP contribution < -0.4 is 10.5 Å². The SMILES string of the molecule is COc1ccc(-c2c3c(N)c(C(C)=O)oc3nc3c2c(C)nn3-c2ccccc2)cc1. The molecule has 5 aromatic rings. The number of carbonyl (C=O) groups is 1. The molecule has 7 nitrogen and oxygen atoms in total. The van der Waals surface area contributed by atoms with Crippen molar-refractivity contribution in [2.75, 3.05) is 12.8 Å². The van der Waals surface area contributed by atoms with Gasteiger partial charge in [0.1, 0.15) is 5.75 Å². The number of nitrogen functional groups attached to an aromatic ring is 1. The first-order valence-electron chi connectivity index (χ1n) is 9.81. The fraction of sp³-hybridized carbons (Fsp3) is 0.125. The van der Waals surface area contributed by atoms with Gasteiger partial charge in [0, 0.05) is 12.5 Å². The quantitative estimate of drug-likeness (QED) is 0.420. The van der Waals surface area contributed by atoms with Gasteiger partial charge in [-0.3, -0.25) is 4.79 Å². The lowest BCUT2D eigenvalue weighted by Gasteiger charge is -2.09. The number of ether oxygens (including phenoxy) is 1. The maximum Gasteiger partial charge on any atom is 0.231 e. The molecule has 0 saturated heterocycles. The minimum absolute atomic E-state index is 0.113. The third kappa shape index (κ3) is 2.85. The normalized spacial score (nSPS) is 11.3. The van der Waals surface area contributed by atoms with Gasteiger partial charge in [-0.05, 0) is 36.8 Å². The molecule has 0 unspecified atom stereocenters. The van der Waals surface area contributed by atoms with E-state index in [2.05, 4.69) is 0 Å². The molecular weight excluding hydrogens is 392 g/mol. The number of ketones is 1. The Labute approximate surface area is 178 Å². The Morgan fingerprint density at radius 3 is 2.42 bits per heavy atom. The Balaban J connectivity index is 1.94. The van der Waals surface area contributed by atoms with E-state index in [-0.39, 0.29) is 17.2 Å². The Kier molecular flexibility index (Phi) is 4.25. The van der Waals surface area contributed by atoms with Crippen LogP contribution in [0.25, 0.3) is 38.9 Å². The summed E-state index contributed by atoms with van der Waals surface area (Å²) in [7, 11) is 1.62. The smallest absolute Gasteiger partial charge is 0.231 e. The van der Waals surface area contributed by atoms with Gasteiger partial charge in [0.05, 0.1) is 35.0 Å². The fourth-order valence-electron chi connectivity index (χ4n) is 3.94. The van der Waals surface area contributed by atoms with Gasteiger partial charge in [-0.25, -0.2) is 4.68 Å². The van der Waals surface area contributed by atoms with Crippen molar-refractivity contribution in [3.8, 4) is 22.6 Å². The number of aryl methyl sites for hydroxylation is 1. The minimum Gasteiger partial charge on any atom is -0.497 e. The number of furan rings is 1. The molecule has 0 radical (unpaired) electrons. The summed E-state index contributed by atoms with van der Waals surface area (Å²) in [4.78, 5) is 16.9. The Morgan fingerprint density at radius 1 is 1.06 bits per heavy atom. The highest BCUT2D eigenvalue weighted by atomic mass is 16.5. The number of methoxy groups -OCH3 is 1. The van der Waals surface area contributed by atoms with Crippen molar-refractivity contribution in [2.24, 2.45) is 0 Å². The van der Waals surface area contributed by atoms with Gasteiger partial charge >= 0.3 is 0 Å². The number of para-hydroxylation sites is 1. The van der Waals surface area contributed by atoms with E-state index in [1.54, 1.807) is 11.8 Å². The highest BCUT2D eigenvalue weighted by molar-refractivity contribution is 6.16. The molecule has 0 spiro atoms. The van der Waals surface area contributed by atoms with Crippen molar-refractivity contribution in [3.05, 3.63) is 66.1 Å². The van der Waals surface area contributed by atoms with Crippen LogP contribution >= 0.6 is 0 Å². The number of nitrogens with zero attached hydrogens (tertiary/aromatic N) is 3. The molecule has 0 atom stereocenters. The van der Waals surface area contributed by atoms with Gasteiger partial charge in [0.25, 0.3) is 0 Å². The molecule has 3 heterocycles. The highest BCUT2D eigenvalue weighted by Crippen LogP contribution is 2.42. The molecule has 2 N–H and O–H groups in total. The van der Waals surface area contributed by atoms with Crippen molar-refractivity contribution in [2.45, 2.75) is 13.8 Å². The fourth-order valence-corrected chi connectivity index (χ4v) is 3.94.